The van der Waals surface area contributed by atoms with E-state index in [1.807, 2.05) is 25.1 Å². The van der Waals surface area contributed by atoms with Crippen molar-refractivity contribution in [3.63, 3.8) is 0 Å². The highest BCUT2D eigenvalue weighted by Gasteiger charge is 2.34. The van der Waals surface area contributed by atoms with Crippen molar-refractivity contribution in [2.24, 2.45) is 5.14 Å². The zero-order valence-corrected chi connectivity index (χ0v) is 17.5. The number of primary sulfonamides is 1. The van der Waals surface area contributed by atoms with Crippen LogP contribution in [0.1, 0.15) is 30.8 Å². The first kappa shape index (κ1) is 20.0. The first-order chi connectivity index (χ1) is 13.8. The Balaban J connectivity index is 1.48. The summed E-state index contributed by atoms with van der Waals surface area (Å²) in [6.45, 7) is 2.72. The summed E-state index contributed by atoms with van der Waals surface area (Å²) in [6.07, 6.45) is 1.99. The second-order valence-electron chi connectivity index (χ2n) is 7.15. The van der Waals surface area contributed by atoms with Crippen LogP contribution in [0.5, 0.6) is 0 Å². The molecule has 0 bridgehead atoms. The van der Waals surface area contributed by atoms with Crippen LogP contribution >= 0.6 is 11.3 Å². The number of sulfonamides is 1. The number of likely N-dealkylation sites (tertiary alicyclic amines) is 1. The van der Waals surface area contributed by atoms with Gasteiger partial charge >= 0.3 is 0 Å². The molecule has 3 aromatic rings. The maximum absolute atomic E-state index is 12.8. The van der Waals surface area contributed by atoms with Gasteiger partial charge in [0.1, 0.15) is 5.01 Å². The molecule has 152 valence electrons. The van der Waals surface area contributed by atoms with E-state index in [1.165, 1.54) is 12.1 Å². The minimum absolute atomic E-state index is 0.0130. The van der Waals surface area contributed by atoms with Gasteiger partial charge in [0, 0.05) is 5.69 Å². The number of amides is 1. The highest BCUT2D eigenvalue weighted by atomic mass is 32.2. The lowest BCUT2D eigenvalue weighted by Crippen LogP contribution is -2.41. The van der Waals surface area contributed by atoms with E-state index in [0.29, 0.717) is 5.69 Å². The van der Waals surface area contributed by atoms with Crippen molar-refractivity contribution in [3.05, 3.63) is 53.5 Å². The molecule has 0 spiro atoms. The molecule has 0 aliphatic carbocycles. The first-order valence-corrected chi connectivity index (χ1v) is 11.7. The number of hydrogen-bond donors (Lipinski definition) is 2. The monoisotopic (exact) mass is 430 g/mol. The van der Waals surface area contributed by atoms with Gasteiger partial charge in [0.25, 0.3) is 0 Å². The van der Waals surface area contributed by atoms with Gasteiger partial charge in [0.2, 0.25) is 15.9 Å². The van der Waals surface area contributed by atoms with E-state index >= 15 is 0 Å². The van der Waals surface area contributed by atoms with Crippen LogP contribution in [0.2, 0.25) is 0 Å². The molecule has 1 aliphatic rings. The highest BCUT2D eigenvalue weighted by Crippen LogP contribution is 2.37. The normalized spacial score (nSPS) is 18.8. The molecule has 1 amide bonds. The average molecular weight is 431 g/mol. The molecule has 1 saturated heterocycles. The molecule has 1 aromatic heterocycles. The van der Waals surface area contributed by atoms with Gasteiger partial charge in [-0.05, 0) is 62.7 Å². The lowest BCUT2D eigenvalue weighted by atomic mass is 10.2. The predicted molar refractivity (Wildman–Crippen MR) is 114 cm³/mol. The lowest BCUT2D eigenvalue weighted by molar-refractivity contribution is -0.121. The van der Waals surface area contributed by atoms with Gasteiger partial charge in [-0.15, -0.1) is 11.3 Å². The molecule has 7 nitrogen and oxygen atoms in total. The average Bonchev–Trinajstić information content (AvgIpc) is 3.33. The summed E-state index contributed by atoms with van der Waals surface area (Å²) >= 11 is 1.68. The largest absolute Gasteiger partial charge is 0.325 e. The van der Waals surface area contributed by atoms with E-state index < -0.39 is 10.0 Å². The van der Waals surface area contributed by atoms with Crippen molar-refractivity contribution < 1.29 is 13.2 Å². The van der Waals surface area contributed by atoms with Gasteiger partial charge in [-0.25, -0.2) is 18.5 Å². The third kappa shape index (κ3) is 4.18. The van der Waals surface area contributed by atoms with Gasteiger partial charge in [-0.2, -0.15) is 0 Å². The number of carbonyl (C=O) groups excluding carboxylic acids is 1. The Bertz CT molecular complexity index is 1110. The molecule has 2 aromatic carbocycles. The molecule has 2 heterocycles. The zero-order chi connectivity index (χ0) is 20.6. The molecule has 4 rings (SSSR count). The van der Waals surface area contributed by atoms with Crippen LogP contribution in [0, 0.1) is 0 Å². The topological polar surface area (TPSA) is 105 Å². The molecule has 29 heavy (non-hydrogen) atoms. The minimum atomic E-state index is -3.75. The molecule has 3 N–H and O–H groups in total. The Morgan fingerprint density at radius 1 is 1.24 bits per heavy atom. The summed E-state index contributed by atoms with van der Waals surface area (Å²) in [6, 6.07) is 13.7. The standard InChI is InChI=1S/C20H22N4O3S2/c1-13(19(25)22-14-8-10-15(11-9-14)29(21,26)27)24-12-4-6-17(24)20-23-16-5-2-3-7-18(16)28-20/h2-3,5,7-11,13,17H,4,6,12H2,1H3,(H,22,25)(H2,21,26,27). The number of fused-ring (bicyclic) bond motifs is 1. The van der Waals surface area contributed by atoms with Crippen molar-refractivity contribution in [2.45, 2.75) is 36.7 Å². The third-order valence-corrected chi connectivity index (χ3v) is 7.28. The van der Waals surface area contributed by atoms with E-state index in [2.05, 4.69) is 16.3 Å². The SMILES string of the molecule is CC(C(=O)Nc1ccc(S(N)(=O)=O)cc1)N1CCCC1c1nc2ccccc2s1. The van der Waals surface area contributed by atoms with Crippen molar-refractivity contribution in [1.29, 1.82) is 0 Å². The maximum atomic E-state index is 12.8. The van der Waals surface area contributed by atoms with Crippen LogP contribution in [0.3, 0.4) is 0 Å². The predicted octanol–water partition coefficient (Wildman–Crippen LogP) is 3.11. The summed E-state index contributed by atoms with van der Waals surface area (Å²) in [5, 5.41) is 9.02. The van der Waals surface area contributed by atoms with E-state index in [4.69, 9.17) is 10.1 Å². The van der Waals surface area contributed by atoms with Crippen molar-refractivity contribution in [2.75, 3.05) is 11.9 Å². The quantitative estimate of drug-likeness (QED) is 0.647. The van der Waals surface area contributed by atoms with Crippen LogP contribution < -0.4 is 10.5 Å². The van der Waals surface area contributed by atoms with Gasteiger partial charge in [0.05, 0.1) is 27.2 Å². The van der Waals surface area contributed by atoms with Crippen LogP contribution in [0.25, 0.3) is 10.2 Å². The van der Waals surface area contributed by atoms with Crippen LogP contribution in [-0.2, 0) is 14.8 Å². The highest BCUT2D eigenvalue weighted by molar-refractivity contribution is 7.89. The van der Waals surface area contributed by atoms with Crippen molar-refractivity contribution >= 4 is 43.2 Å². The minimum Gasteiger partial charge on any atom is -0.325 e. The number of benzene rings is 2. The molecule has 2 unspecified atom stereocenters. The Morgan fingerprint density at radius 3 is 2.66 bits per heavy atom. The van der Waals surface area contributed by atoms with Crippen LogP contribution in [-0.4, -0.2) is 36.8 Å². The molecule has 1 fully saturated rings. The number of rotatable bonds is 5. The molecule has 2 atom stereocenters. The number of carbonyl (C=O) groups is 1. The fourth-order valence-corrected chi connectivity index (χ4v) is 5.31. The smallest absolute Gasteiger partial charge is 0.241 e. The zero-order valence-electron chi connectivity index (χ0n) is 15.9. The van der Waals surface area contributed by atoms with Crippen molar-refractivity contribution in [3.8, 4) is 0 Å². The summed E-state index contributed by atoms with van der Waals surface area (Å²) in [5.74, 6) is -0.138. The molecular weight excluding hydrogens is 408 g/mol. The number of aromatic nitrogens is 1. The van der Waals surface area contributed by atoms with Gasteiger partial charge < -0.3 is 5.32 Å². The number of nitrogens with two attached hydrogens (primary N) is 1. The van der Waals surface area contributed by atoms with E-state index in [-0.39, 0.29) is 22.9 Å². The fraction of sp³-hybridized carbons (Fsp3) is 0.300. The second kappa shape index (κ2) is 7.83. The number of hydrogen-bond acceptors (Lipinski definition) is 6. The molecule has 0 saturated carbocycles. The Kier molecular flexibility index (Phi) is 5.39. The van der Waals surface area contributed by atoms with E-state index in [1.54, 1.807) is 23.5 Å². The molecule has 9 heteroatoms. The number of thiazole rings is 1. The lowest BCUT2D eigenvalue weighted by Gasteiger charge is -2.28. The summed E-state index contributed by atoms with van der Waals surface area (Å²) < 4.78 is 23.9. The third-order valence-electron chi connectivity index (χ3n) is 5.22. The number of nitrogens with zero attached hydrogens (tertiary/aromatic N) is 2. The second-order valence-corrected chi connectivity index (χ2v) is 9.77. The van der Waals surface area contributed by atoms with Crippen LogP contribution in [0.15, 0.2) is 53.4 Å². The summed E-state index contributed by atoms with van der Waals surface area (Å²) in [7, 11) is -3.75. The van der Waals surface area contributed by atoms with E-state index in [9.17, 15) is 13.2 Å². The Labute approximate surface area is 173 Å². The maximum Gasteiger partial charge on any atom is 0.241 e. The number of anilines is 1. The molecule has 1 aliphatic heterocycles. The molecular formula is C20H22N4O3S2. The van der Waals surface area contributed by atoms with Crippen LogP contribution in [0.4, 0.5) is 5.69 Å². The summed E-state index contributed by atoms with van der Waals surface area (Å²) in [5.41, 5.74) is 1.52. The van der Waals surface area contributed by atoms with Crippen molar-refractivity contribution in [1.82, 2.24) is 9.88 Å². The summed E-state index contributed by atoms with van der Waals surface area (Å²) in [4.78, 5) is 19.8. The fourth-order valence-electron chi connectivity index (χ4n) is 3.68. The van der Waals surface area contributed by atoms with Gasteiger partial charge in [-0.3, -0.25) is 9.69 Å². The van der Waals surface area contributed by atoms with Gasteiger partial charge in [-0.1, -0.05) is 12.1 Å². The number of para-hydroxylation sites is 1. The molecule has 0 radical (unpaired) electrons. The Hall–Kier alpha value is -2.33. The van der Waals surface area contributed by atoms with E-state index in [0.717, 1.165) is 34.6 Å². The Morgan fingerprint density at radius 2 is 1.97 bits per heavy atom. The first-order valence-electron chi connectivity index (χ1n) is 9.38. The van der Waals surface area contributed by atoms with Gasteiger partial charge in [0.15, 0.2) is 0 Å². The number of nitrogens with one attached hydrogen (secondary N) is 1.